The van der Waals surface area contributed by atoms with Crippen molar-refractivity contribution in [1.29, 1.82) is 0 Å². The van der Waals surface area contributed by atoms with Gasteiger partial charge >= 0.3 is 0 Å². The van der Waals surface area contributed by atoms with E-state index in [4.69, 9.17) is 0 Å². The van der Waals surface area contributed by atoms with Gasteiger partial charge in [0.15, 0.2) is 0 Å². The number of pyridine rings is 1. The molecule has 0 saturated heterocycles. The molecule has 0 saturated carbocycles. The van der Waals surface area contributed by atoms with E-state index < -0.39 is 15.8 Å². The molecule has 0 radical (unpaired) electrons. The molecule has 0 fully saturated rings. The highest BCUT2D eigenvalue weighted by Gasteiger charge is 2.23. The van der Waals surface area contributed by atoms with Gasteiger partial charge in [-0.1, -0.05) is 0 Å². The average molecular weight is 280 g/mol. The molecule has 0 atom stereocenters. The summed E-state index contributed by atoms with van der Waals surface area (Å²) in [5, 5.41) is 0. The van der Waals surface area contributed by atoms with E-state index >= 15 is 0 Å². The topological polar surface area (TPSA) is 50.3 Å². The molecule has 0 aliphatic rings. The van der Waals surface area contributed by atoms with Crippen molar-refractivity contribution < 1.29 is 12.8 Å². The summed E-state index contributed by atoms with van der Waals surface area (Å²) in [7, 11) is -2.27. The number of hydrogen-bond donors (Lipinski definition) is 0. The Morgan fingerprint density at radius 1 is 1.26 bits per heavy atom. The van der Waals surface area contributed by atoms with Crippen LogP contribution in [0.4, 0.5) is 10.1 Å². The van der Waals surface area contributed by atoms with Gasteiger partial charge in [0.05, 0.1) is 16.8 Å². The highest BCUT2D eigenvalue weighted by Crippen LogP contribution is 2.23. The maximum Gasteiger partial charge on any atom is 0.264 e. The van der Waals surface area contributed by atoms with Gasteiger partial charge in [-0.05, 0) is 42.8 Å². The van der Waals surface area contributed by atoms with Crippen molar-refractivity contribution in [3.8, 4) is 0 Å². The molecule has 2 aromatic rings. The Hall–Kier alpha value is -1.95. The lowest BCUT2D eigenvalue weighted by Gasteiger charge is -2.20. The second kappa shape index (κ2) is 4.97. The summed E-state index contributed by atoms with van der Waals surface area (Å²) in [5.74, 6) is -0.458. The molecule has 0 aliphatic carbocycles. The molecule has 4 nitrogen and oxygen atoms in total. The van der Waals surface area contributed by atoms with Gasteiger partial charge in [-0.15, -0.1) is 0 Å². The molecular formula is C13H13FN2O2S. The second-order valence-electron chi connectivity index (χ2n) is 4.09. The van der Waals surface area contributed by atoms with Crippen LogP contribution >= 0.6 is 0 Å². The maximum atomic E-state index is 13.0. The Balaban J connectivity index is 2.48. The zero-order valence-electron chi connectivity index (χ0n) is 10.5. The van der Waals surface area contributed by atoms with E-state index in [9.17, 15) is 12.8 Å². The third-order valence-electron chi connectivity index (χ3n) is 2.78. The van der Waals surface area contributed by atoms with Gasteiger partial charge < -0.3 is 0 Å². The maximum absolute atomic E-state index is 13.0. The second-order valence-corrected chi connectivity index (χ2v) is 6.03. The molecule has 1 aromatic heterocycles. The van der Waals surface area contributed by atoms with Gasteiger partial charge in [-0.25, -0.2) is 12.8 Å². The van der Waals surface area contributed by atoms with Gasteiger partial charge in [0.1, 0.15) is 5.82 Å². The van der Waals surface area contributed by atoms with Crippen LogP contribution in [0.3, 0.4) is 0 Å². The molecular weight excluding hydrogens is 267 g/mol. The number of nitrogens with zero attached hydrogens (tertiary/aromatic N) is 2. The van der Waals surface area contributed by atoms with Crippen LogP contribution in [0.1, 0.15) is 5.56 Å². The van der Waals surface area contributed by atoms with Crippen LogP contribution in [0.15, 0.2) is 47.6 Å². The number of rotatable bonds is 3. The van der Waals surface area contributed by atoms with Crippen LogP contribution in [-0.4, -0.2) is 20.4 Å². The van der Waals surface area contributed by atoms with E-state index in [1.54, 1.807) is 25.3 Å². The Kier molecular flexibility index (Phi) is 3.53. The summed E-state index contributed by atoms with van der Waals surface area (Å²) in [6, 6.07) is 6.90. The minimum Gasteiger partial charge on any atom is -0.268 e. The fourth-order valence-electron chi connectivity index (χ4n) is 1.73. The largest absolute Gasteiger partial charge is 0.268 e. The molecule has 100 valence electrons. The molecule has 0 aliphatic heterocycles. The van der Waals surface area contributed by atoms with Gasteiger partial charge in [0.25, 0.3) is 10.0 Å². The van der Waals surface area contributed by atoms with Crippen molar-refractivity contribution in [2.75, 3.05) is 11.4 Å². The monoisotopic (exact) mass is 280 g/mol. The molecule has 0 unspecified atom stereocenters. The lowest BCUT2D eigenvalue weighted by atomic mass is 10.2. The predicted molar refractivity (Wildman–Crippen MR) is 71.0 cm³/mol. The summed E-state index contributed by atoms with van der Waals surface area (Å²) in [4.78, 5) is 3.97. The van der Waals surface area contributed by atoms with E-state index in [2.05, 4.69) is 4.98 Å². The van der Waals surface area contributed by atoms with Crippen molar-refractivity contribution in [2.24, 2.45) is 0 Å². The number of anilines is 1. The number of aryl methyl sites for hydroxylation is 1. The van der Waals surface area contributed by atoms with Crippen molar-refractivity contribution in [3.05, 3.63) is 54.1 Å². The average Bonchev–Trinajstić information content (AvgIpc) is 2.38. The minimum absolute atomic E-state index is 0.0836. The van der Waals surface area contributed by atoms with E-state index in [0.29, 0.717) is 11.3 Å². The summed E-state index contributed by atoms with van der Waals surface area (Å²) >= 11 is 0. The molecule has 19 heavy (non-hydrogen) atoms. The first-order valence-electron chi connectivity index (χ1n) is 5.58. The van der Waals surface area contributed by atoms with Crippen LogP contribution < -0.4 is 4.31 Å². The number of hydrogen-bond acceptors (Lipinski definition) is 3. The van der Waals surface area contributed by atoms with Crippen LogP contribution in [0.2, 0.25) is 0 Å². The van der Waals surface area contributed by atoms with E-state index in [1.807, 2.05) is 0 Å². The van der Waals surface area contributed by atoms with E-state index in [-0.39, 0.29) is 4.90 Å². The molecule has 0 spiro atoms. The number of benzene rings is 1. The summed E-state index contributed by atoms with van der Waals surface area (Å²) < 4.78 is 39.0. The lowest BCUT2D eigenvalue weighted by Crippen LogP contribution is -2.27. The highest BCUT2D eigenvalue weighted by molar-refractivity contribution is 7.92. The van der Waals surface area contributed by atoms with Gasteiger partial charge in [-0.2, -0.15) is 0 Å². The van der Waals surface area contributed by atoms with E-state index in [0.717, 1.165) is 10.4 Å². The molecule has 1 heterocycles. The van der Waals surface area contributed by atoms with Crippen LogP contribution in [0, 0.1) is 12.7 Å². The smallest absolute Gasteiger partial charge is 0.264 e. The number of halogens is 1. The van der Waals surface area contributed by atoms with Gasteiger partial charge in [0, 0.05) is 13.2 Å². The molecule has 0 amide bonds. The minimum atomic E-state index is -3.71. The van der Waals surface area contributed by atoms with Gasteiger partial charge in [0.2, 0.25) is 0 Å². The first-order valence-corrected chi connectivity index (χ1v) is 7.02. The Labute approximate surface area is 111 Å². The Bertz CT molecular complexity index is 687. The quantitative estimate of drug-likeness (QED) is 0.867. The van der Waals surface area contributed by atoms with Crippen molar-refractivity contribution in [3.63, 3.8) is 0 Å². The zero-order valence-corrected chi connectivity index (χ0v) is 11.4. The lowest BCUT2D eigenvalue weighted by molar-refractivity contribution is 0.592. The molecule has 1 aromatic carbocycles. The molecule has 0 N–H and O–H groups in total. The van der Waals surface area contributed by atoms with Crippen molar-refractivity contribution in [1.82, 2.24) is 4.98 Å². The van der Waals surface area contributed by atoms with Crippen LogP contribution in [0.25, 0.3) is 0 Å². The first-order chi connectivity index (χ1) is 8.93. The Morgan fingerprint density at radius 2 is 2.00 bits per heavy atom. The number of sulfonamides is 1. The normalized spacial score (nSPS) is 11.3. The first kappa shape index (κ1) is 13.5. The molecule has 2 rings (SSSR count). The van der Waals surface area contributed by atoms with Crippen LogP contribution in [0.5, 0.6) is 0 Å². The summed E-state index contributed by atoms with van der Waals surface area (Å²) in [6.07, 6.45) is 3.02. The van der Waals surface area contributed by atoms with E-state index in [1.165, 1.54) is 25.4 Å². The fourth-order valence-corrected chi connectivity index (χ4v) is 3.11. The fraction of sp³-hybridized carbons (Fsp3) is 0.154. The SMILES string of the molecule is Cc1cc(F)ccc1S(=O)(=O)N(C)c1cccnc1. The van der Waals surface area contributed by atoms with Crippen molar-refractivity contribution >= 4 is 15.7 Å². The predicted octanol–water partition coefficient (Wildman–Crippen LogP) is 2.35. The molecule has 0 bridgehead atoms. The zero-order chi connectivity index (χ0) is 14.0. The third-order valence-corrected chi connectivity index (χ3v) is 4.73. The van der Waals surface area contributed by atoms with Crippen LogP contribution in [-0.2, 0) is 10.0 Å². The summed E-state index contributed by atoms with van der Waals surface area (Å²) in [5.41, 5.74) is 0.821. The standard InChI is InChI=1S/C13H13FN2O2S/c1-10-8-11(14)5-6-13(10)19(17,18)16(2)12-4-3-7-15-9-12/h3-9H,1-2H3. The highest BCUT2D eigenvalue weighted by atomic mass is 32.2. The number of aromatic nitrogens is 1. The third kappa shape index (κ3) is 2.58. The summed E-state index contributed by atoms with van der Waals surface area (Å²) in [6.45, 7) is 1.56. The van der Waals surface area contributed by atoms with Gasteiger partial charge in [-0.3, -0.25) is 9.29 Å². The van der Waals surface area contributed by atoms with Crippen molar-refractivity contribution in [2.45, 2.75) is 11.8 Å². The molecule has 6 heteroatoms. The Morgan fingerprint density at radius 3 is 2.58 bits per heavy atom.